The van der Waals surface area contributed by atoms with Crippen molar-refractivity contribution in [3.63, 3.8) is 0 Å². The van der Waals surface area contributed by atoms with E-state index in [1.807, 2.05) is 0 Å². The van der Waals surface area contributed by atoms with Crippen LogP contribution in [0.2, 0.25) is 0 Å². The molecule has 1 aliphatic rings. The third-order valence-corrected chi connectivity index (χ3v) is 3.51. The Kier molecular flexibility index (Phi) is 3.39. The molecule has 3 rings (SSSR count). The molecule has 3 N–H and O–H groups in total. The van der Waals surface area contributed by atoms with Gasteiger partial charge in [-0.1, -0.05) is 15.9 Å². The van der Waals surface area contributed by atoms with Crippen molar-refractivity contribution in [2.75, 3.05) is 17.7 Å². The van der Waals surface area contributed by atoms with Crippen LogP contribution in [0.1, 0.15) is 15.9 Å². The Morgan fingerprint density at radius 1 is 1.19 bits per heavy atom. The quantitative estimate of drug-likeness (QED) is 0.646. The summed E-state index contributed by atoms with van der Waals surface area (Å²) in [7, 11) is 0. The predicted octanol–water partition coefficient (Wildman–Crippen LogP) is 2.59. The summed E-state index contributed by atoms with van der Waals surface area (Å²) in [6.45, 7) is -0.0114. The SMILES string of the molecule is Nc1cc(Br)cc(C(=O)c2ccc3c(c2)NC(=O)CO3)c1. The van der Waals surface area contributed by atoms with E-state index < -0.39 is 0 Å². The van der Waals surface area contributed by atoms with Crippen LogP contribution >= 0.6 is 15.9 Å². The molecule has 0 fully saturated rings. The van der Waals surface area contributed by atoms with Crippen molar-refractivity contribution in [3.8, 4) is 5.75 Å². The molecule has 0 spiro atoms. The van der Waals surface area contributed by atoms with Gasteiger partial charge in [0.05, 0.1) is 5.69 Å². The molecule has 5 nitrogen and oxygen atoms in total. The van der Waals surface area contributed by atoms with E-state index in [9.17, 15) is 9.59 Å². The summed E-state index contributed by atoms with van der Waals surface area (Å²) < 4.78 is 6.00. The number of ether oxygens (including phenoxy) is 1. The summed E-state index contributed by atoms with van der Waals surface area (Å²) in [6.07, 6.45) is 0. The first-order valence-electron chi connectivity index (χ1n) is 6.20. The minimum absolute atomic E-state index is 0.0114. The highest BCUT2D eigenvalue weighted by atomic mass is 79.9. The van der Waals surface area contributed by atoms with E-state index in [0.29, 0.717) is 28.3 Å². The second-order valence-corrected chi connectivity index (χ2v) is 5.57. The van der Waals surface area contributed by atoms with Crippen molar-refractivity contribution < 1.29 is 14.3 Å². The van der Waals surface area contributed by atoms with E-state index >= 15 is 0 Å². The van der Waals surface area contributed by atoms with Gasteiger partial charge in [-0.05, 0) is 36.4 Å². The fourth-order valence-electron chi connectivity index (χ4n) is 2.13. The van der Waals surface area contributed by atoms with E-state index in [-0.39, 0.29) is 18.3 Å². The maximum atomic E-state index is 12.5. The maximum absolute atomic E-state index is 12.5. The first kappa shape index (κ1) is 13.6. The Bertz CT molecular complexity index is 738. The van der Waals surface area contributed by atoms with Crippen molar-refractivity contribution >= 4 is 39.0 Å². The lowest BCUT2D eigenvalue weighted by Crippen LogP contribution is -2.25. The molecule has 0 atom stereocenters. The Balaban J connectivity index is 1.98. The molecule has 0 radical (unpaired) electrons. The second kappa shape index (κ2) is 5.21. The first-order valence-corrected chi connectivity index (χ1v) is 7.00. The van der Waals surface area contributed by atoms with Crippen molar-refractivity contribution in [1.82, 2.24) is 0 Å². The number of carbonyl (C=O) groups is 2. The number of nitrogens with one attached hydrogen (secondary N) is 1. The normalized spacial score (nSPS) is 13.1. The number of nitrogen functional groups attached to an aromatic ring is 1. The van der Waals surface area contributed by atoms with E-state index in [1.54, 1.807) is 36.4 Å². The molecule has 106 valence electrons. The van der Waals surface area contributed by atoms with Gasteiger partial charge in [-0.25, -0.2) is 0 Å². The van der Waals surface area contributed by atoms with Crippen LogP contribution in [0, 0.1) is 0 Å². The molecule has 0 saturated heterocycles. The largest absolute Gasteiger partial charge is 0.482 e. The number of halogens is 1. The van der Waals surface area contributed by atoms with Gasteiger partial charge in [0.25, 0.3) is 5.91 Å². The van der Waals surface area contributed by atoms with Crippen LogP contribution in [-0.2, 0) is 4.79 Å². The molecule has 21 heavy (non-hydrogen) atoms. The molecule has 0 aliphatic carbocycles. The molecule has 0 bridgehead atoms. The summed E-state index contributed by atoms with van der Waals surface area (Å²) in [5.41, 5.74) is 7.68. The molecular formula is C15H11BrN2O3. The zero-order chi connectivity index (χ0) is 15.0. The third-order valence-electron chi connectivity index (χ3n) is 3.06. The molecule has 2 aromatic carbocycles. The molecule has 1 aliphatic heterocycles. The number of anilines is 2. The minimum atomic E-state index is -0.237. The second-order valence-electron chi connectivity index (χ2n) is 4.65. The first-order chi connectivity index (χ1) is 10.0. The third kappa shape index (κ3) is 2.75. The van der Waals surface area contributed by atoms with Crippen molar-refractivity contribution in [2.45, 2.75) is 0 Å². The van der Waals surface area contributed by atoms with Gasteiger partial charge in [-0.3, -0.25) is 9.59 Å². The average molecular weight is 347 g/mol. The Hall–Kier alpha value is -2.34. The van der Waals surface area contributed by atoms with Crippen LogP contribution in [0.4, 0.5) is 11.4 Å². The molecule has 1 amide bonds. The molecule has 2 aromatic rings. The lowest BCUT2D eigenvalue weighted by Gasteiger charge is -2.18. The summed E-state index contributed by atoms with van der Waals surface area (Å²) in [5.74, 6) is 0.143. The number of ketones is 1. The zero-order valence-corrected chi connectivity index (χ0v) is 12.4. The van der Waals surface area contributed by atoms with E-state index in [1.165, 1.54) is 0 Å². The van der Waals surface area contributed by atoms with Gasteiger partial charge in [-0.2, -0.15) is 0 Å². The van der Waals surface area contributed by atoms with Gasteiger partial charge in [0.15, 0.2) is 12.4 Å². The zero-order valence-electron chi connectivity index (χ0n) is 10.9. The van der Waals surface area contributed by atoms with Crippen LogP contribution in [0.3, 0.4) is 0 Å². The number of rotatable bonds is 2. The van der Waals surface area contributed by atoms with Crippen LogP contribution in [-0.4, -0.2) is 18.3 Å². The molecular weight excluding hydrogens is 336 g/mol. The molecule has 6 heteroatoms. The summed E-state index contributed by atoms with van der Waals surface area (Å²) in [4.78, 5) is 23.8. The van der Waals surface area contributed by atoms with Gasteiger partial charge in [0.1, 0.15) is 5.75 Å². The van der Waals surface area contributed by atoms with Crippen LogP contribution in [0.25, 0.3) is 0 Å². The van der Waals surface area contributed by atoms with Crippen LogP contribution < -0.4 is 15.8 Å². The molecule has 0 aromatic heterocycles. The lowest BCUT2D eigenvalue weighted by molar-refractivity contribution is -0.118. The monoisotopic (exact) mass is 346 g/mol. The van der Waals surface area contributed by atoms with Crippen molar-refractivity contribution in [1.29, 1.82) is 0 Å². The van der Waals surface area contributed by atoms with Gasteiger partial charge in [0.2, 0.25) is 0 Å². The van der Waals surface area contributed by atoms with E-state index in [4.69, 9.17) is 10.5 Å². The summed E-state index contributed by atoms with van der Waals surface area (Å²) >= 11 is 3.31. The minimum Gasteiger partial charge on any atom is -0.482 e. The number of benzene rings is 2. The highest BCUT2D eigenvalue weighted by Crippen LogP contribution is 2.29. The highest BCUT2D eigenvalue weighted by Gasteiger charge is 2.18. The summed E-state index contributed by atoms with van der Waals surface area (Å²) in [5, 5.41) is 2.68. The number of fused-ring (bicyclic) bond motifs is 1. The standard InChI is InChI=1S/C15H11BrN2O3/c16-10-3-9(4-11(17)6-10)15(20)8-1-2-13-12(5-8)18-14(19)7-21-13/h1-6H,7,17H2,(H,18,19). The summed E-state index contributed by atoms with van der Waals surface area (Å²) in [6, 6.07) is 9.97. The number of amides is 1. The maximum Gasteiger partial charge on any atom is 0.262 e. The van der Waals surface area contributed by atoms with Crippen molar-refractivity contribution in [3.05, 3.63) is 52.0 Å². The Morgan fingerprint density at radius 3 is 2.76 bits per heavy atom. The van der Waals surface area contributed by atoms with Gasteiger partial charge < -0.3 is 15.8 Å². The fraction of sp³-hybridized carbons (Fsp3) is 0.0667. The predicted molar refractivity (Wildman–Crippen MR) is 82.6 cm³/mol. The van der Waals surface area contributed by atoms with E-state index in [0.717, 1.165) is 4.47 Å². The van der Waals surface area contributed by atoms with Gasteiger partial charge in [0, 0.05) is 21.3 Å². The number of hydrogen-bond donors (Lipinski definition) is 2. The Labute approximate surface area is 129 Å². The average Bonchev–Trinajstić information content (AvgIpc) is 2.44. The molecule has 0 unspecified atom stereocenters. The number of carbonyl (C=O) groups excluding carboxylic acids is 2. The molecule has 0 saturated carbocycles. The smallest absolute Gasteiger partial charge is 0.262 e. The Morgan fingerprint density at radius 2 is 2.00 bits per heavy atom. The fourth-order valence-corrected chi connectivity index (χ4v) is 2.65. The number of hydrogen-bond acceptors (Lipinski definition) is 4. The van der Waals surface area contributed by atoms with E-state index in [2.05, 4.69) is 21.2 Å². The molecule has 1 heterocycles. The van der Waals surface area contributed by atoms with Crippen LogP contribution in [0.5, 0.6) is 5.75 Å². The topological polar surface area (TPSA) is 81.4 Å². The van der Waals surface area contributed by atoms with Gasteiger partial charge >= 0.3 is 0 Å². The van der Waals surface area contributed by atoms with Crippen molar-refractivity contribution in [2.24, 2.45) is 0 Å². The van der Waals surface area contributed by atoms with Gasteiger partial charge in [-0.15, -0.1) is 0 Å². The highest BCUT2D eigenvalue weighted by molar-refractivity contribution is 9.10. The number of nitrogens with two attached hydrogens (primary N) is 1. The lowest BCUT2D eigenvalue weighted by atomic mass is 10.0. The van der Waals surface area contributed by atoms with Crippen LogP contribution in [0.15, 0.2) is 40.9 Å².